The summed E-state index contributed by atoms with van der Waals surface area (Å²) in [6.07, 6.45) is 1.86. The van der Waals surface area contributed by atoms with Crippen molar-refractivity contribution in [1.82, 2.24) is 15.1 Å². The van der Waals surface area contributed by atoms with Crippen LogP contribution < -0.4 is 5.32 Å². The zero-order chi connectivity index (χ0) is 14.9. The van der Waals surface area contributed by atoms with Crippen molar-refractivity contribution in [3.63, 3.8) is 0 Å². The van der Waals surface area contributed by atoms with Crippen LogP contribution in [0.2, 0.25) is 0 Å². The summed E-state index contributed by atoms with van der Waals surface area (Å²) in [5.41, 5.74) is 3.60. The van der Waals surface area contributed by atoms with Gasteiger partial charge in [-0.05, 0) is 60.9 Å². The molecular formula is C15H19Br2N3. The number of nitrogens with zero attached hydrogens (tertiary/aromatic N) is 2. The first-order chi connectivity index (χ1) is 9.45. The van der Waals surface area contributed by atoms with Crippen molar-refractivity contribution in [2.45, 2.75) is 32.9 Å². The lowest BCUT2D eigenvalue weighted by Crippen LogP contribution is -2.23. The molecule has 0 radical (unpaired) electrons. The average Bonchev–Trinajstić information content (AvgIpc) is 2.75. The molecule has 5 heteroatoms. The van der Waals surface area contributed by atoms with E-state index in [9.17, 15) is 0 Å². The highest BCUT2D eigenvalue weighted by Gasteiger charge is 2.23. The third-order valence-corrected chi connectivity index (χ3v) is 4.60. The molecule has 0 bridgehead atoms. The second-order valence-corrected chi connectivity index (χ2v) is 6.87. The predicted molar refractivity (Wildman–Crippen MR) is 90.1 cm³/mol. The molecule has 0 amide bonds. The summed E-state index contributed by atoms with van der Waals surface area (Å²) in [6, 6.07) is 6.84. The zero-order valence-electron chi connectivity index (χ0n) is 12.1. The molecule has 0 aliphatic carbocycles. The first-order valence-corrected chi connectivity index (χ1v) is 8.20. The van der Waals surface area contributed by atoms with E-state index in [1.54, 1.807) is 0 Å². The van der Waals surface area contributed by atoms with Crippen molar-refractivity contribution >= 4 is 31.9 Å². The minimum absolute atomic E-state index is 0.0873. The molecule has 1 N–H and O–H groups in total. The number of halogens is 2. The van der Waals surface area contributed by atoms with Crippen LogP contribution in [-0.4, -0.2) is 16.8 Å². The largest absolute Gasteiger partial charge is 0.308 e. The second kappa shape index (κ2) is 6.41. The Bertz CT molecular complexity index is 605. The number of aryl methyl sites for hydroxylation is 1. The molecule has 1 atom stereocenters. The molecule has 1 aromatic heterocycles. The van der Waals surface area contributed by atoms with Gasteiger partial charge in [-0.3, -0.25) is 4.68 Å². The third kappa shape index (κ3) is 3.00. The summed E-state index contributed by atoms with van der Waals surface area (Å²) in [6.45, 7) is 6.37. The number of benzene rings is 1. The molecule has 2 rings (SSSR count). The zero-order valence-corrected chi connectivity index (χ0v) is 15.3. The maximum Gasteiger partial charge on any atom is 0.0768 e. The maximum atomic E-state index is 4.47. The van der Waals surface area contributed by atoms with Crippen molar-refractivity contribution < 1.29 is 0 Å². The first-order valence-electron chi connectivity index (χ1n) is 6.62. The maximum absolute atomic E-state index is 4.47. The van der Waals surface area contributed by atoms with Gasteiger partial charge >= 0.3 is 0 Å². The van der Waals surface area contributed by atoms with Gasteiger partial charge in [0.15, 0.2) is 0 Å². The van der Waals surface area contributed by atoms with E-state index in [2.05, 4.69) is 85.9 Å². The van der Waals surface area contributed by atoms with Crippen LogP contribution in [0, 0.1) is 6.92 Å². The van der Waals surface area contributed by atoms with Crippen LogP contribution in [0.1, 0.15) is 42.8 Å². The molecule has 0 aliphatic heterocycles. The van der Waals surface area contributed by atoms with Gasteiger partial charge in [-0.25, -0.2) is 0 Å². The number of aromatic nitrogens is 2. The molecule has 0 aliphatic rings. The lowest BCUT2D eigenvalue weighted by Gasteiger charge is -2.22. The highest BCUT2D eigenvalue weighted by Crippen LogP contribution is 2.34. The topological polar surface area (TPSA) is 29.9 Å². The highest BCUT2D eigenvalue weighted by molar-refractivity contribution is 9.10. The van der Waals surface area contributed by atoms with E-state index in [1.807, 2.05) is 13.2 Å². The Morgan fingerprint density at radius 3 is 2.45 bits per heavy atom. The van der Waals surface area contributed by atoms with Gasteiger partial charge < -0.3 is 5.32 Å². The van der Waals surface area contributed by atoms with Gasteiger partial charge in [0.2, 0.25) is 0 Å². The van der Waals surface area contributed by atoms with Gasteiger partial charge in [-0.15, -0.1) is 0 Å². The van der Waals surface area contributed by atoms with Crippen LogP contribution in [-0.2, 0) is 0 Å². The number of rotatable bonds is 4. The normalized spacial score (nSPS) is 12.9. The van der Waals surface area contributed by atoms with Crippen molar-refractivity contribution in [3.8, 4) is 0 Å². The van der Waals surface area contributed by atoms with E-state index in [1.165, 1.54) is 11.1 Å². The van der Waals surface area contributed by atoms with E-state index in [0.717, 1.165) is 14.6 Å². The molecule has 0 fully saturated rings. The fraction of sp³-hybridized carbons (Fsp3) is 0.400. The molecule has 20 heavy (non-hydrogen) atoms. The van der Waals surface area contributed by atoms with Crippen molar-refractivity contribution in [1.29, 1.82) is 0 Å². The van der Waals surface area contributed by atoms with E-state index < -0.39 is 0 Å². The molecule has 0 saturated heterocycles. The van der Waals surface area contributed by atoms with E-state index in [-0.39, 0.29) is 6.04 Å². The number of nitrogens with one attached hydrogen (secondary N) is 1. The Hall–Kier alpha value is -0.650. The Balaban J connectivity index is 2.55. The van der Waals surface area contributed by atoms with Gasteiger partial charge in [0.25, 0.3) is 0 Å². The predicted octanol–water partition coefficient (Wildman–Crippen LogP) is 4.61. The summed E-state index contributed by atoms with van der Waals surface area (Å²) in [4.78, 5) is 0. The smallest absolute Gasteiger partial charge is 0.0768 e. The third-order valence-electron chi connectivity index (χ3n) is 3.31. The van der Waals surface area contributed by atoms with Crippen LogP contribution >= 0.6 is 31.9 Å². The lowest BCUT2D eigenvalue weighted by atomic mass is 10.0. The van der Waals surface area contributed by atoms with E-state index in [4.69, 9.17) is 0 Å². The Morgan fingerprint density at radius 1 is 1.20 bits per heavy atom. The summed E-state index contributed by atoms with van der Waals surface area (Å²) in [5.74, 6) is 0. The van der Waals surface area contributed by atoms with Gasteiger partial charge in [0.05, 0.1) is 22.4 Å². The van der Waals surface area contributed by atoms with Crippen LogP contribution in [0.15, 0.2) is 33.3 Å². The minimum Gasteiger partial charge on any atom is -0.308 e. The quantitative estimate of drug-likeness (QED) is 0.812. The van der Waals surface area contributed by atoms with Crippen LogP contribution in [0.25, 0.3) is 0 Å². The molecule has 1 aromatic carbocycles. The number of hydrogen-bond donors (Lipinski definition) is 1. The van der Waals surface area contributed by atoms with Gasteiger partial charge in [-0.1, -0.05) is 28.1 Å². The lowest BCUT2D eigenvalue weighted by molar-refractivity contribution is 0.482. The molecular weight excluding hydrogens is 382 g/mol. The molecule has 0 saturated carbocycles. The molecule has 0 spiro atoms. The minimum atomic E-state index is 0.0873. The Labute approximate surface area is 137 Å². The SMILES string of the molecule is CNC(c1ccc(C)cc1Br)c1c(Br)cnn1C(C)C. The van der Waals surface area contributed by atoms with Crippen LogP contribution in [0.4, 0.5) is 0 Å². The summed E-state index contributed by atoms with van der Waals surface area (Å²) in [5, 5.41) is 7.87. The highest BCUT2D eigenvalue weighted by atomic mass is 79.9. The average molecular weight is 401 g/mol. The fourth-order valence-corrected chi connectivity index (χ4v) is 3.56. The Kier molecular flexibility index (Phi) is 5.04. The molecule has 1 unspecified atom stereocenters. The van der Waals surface area contributed by atoms with Crippen molar-refractivity contribution in [3.05, 3.63) is 50.2 Å². The van der Waals surface area contributed by atoms with E-state index in [0.29, 0.717) is 6.04 Å². The van der Waals surface area contributed by atoms with Gasteiger partial charge in [0.1, 0.15) is 0 Å². The van der Waals surface area contributed by atoms with Crippen molar-refractivity contribution in [2.24, 2.45) is 0 Å². The Morgan fingerprint density at radius 2 is 1.90 bits per heavy atom. The first kappa shape index (κ1) is 15.7. The molecule has 108 valence electrons. The fourth-order valence-electron chi connectivity index (χ4n) is 2.34. The van der Waals surface area contributed by atoms with Crippen molar-refractivity contribution in [2.75, 3.05) is 7.05 Å². The van der Waals surface area contributed by atoms with E-state index >= 15 is 0 Å². The second-order valence-electron chi connectivity index (χ2n) is 5.16. The molecule has 1 heterocycles. The summed E-state index contributed by atoms with van der Waals surface area (Å²) >= 11 is 7.30. The standard InChI is InChI=1S/C15H19Br2N3/c1-9(2)20-15(13(17)8-19-20)14(18-4)11-6-5-10(3)7-12(11)16/h5-9,14,18H,1-4H3. The molecule has 3 nitrogen and oxygen atoms in total. The number of hydrogen-bond acceptors (Lipinski definition) is 2. The van der Waals surface area contributed by atoms with Gasteiger partial charge in [-0.2, -0.15) is 5.10 Å². The molecule has 2 aromatic rings. The van der Waals surface area contributed by atoms with Crippen LogP contribution in [0.5, 0.6) is 0 Å². The summed E-state index contributed by atoms with van der Waals surface area (Å²) in [7, 11) is 1.97. The monoisotopic (exact) mass is 399 g/mol. The van der Waals surface area contributed by atoms with Crippen LogP contribution in [0.3, 0.4) is 0 Å². The van der Waals surface area contributed by atoms with Gasteiger partial charge in [0, 0.05) is 10.5 Å². The summed E-state index contributed by atoms with van der Waals surface area (Å²) < 4.78 is 4.19.